The lowest BCUT2D eigenvalue weighted by atomic mass is 10.0. The number of benzene rings is 1. The van der Waals surface area contributed by atoms with E-state index in [4.69, 9.17) is 0 Å². The second-order valence-electron chi connectivity index (χ2n) is 3.38. The number of rotatable bonds is 3. The molecule has 2 heteroatoms. The van der Waals surface area contributed by atoms with E-state index >= 15 is 0 Å². The van der Waals surface area contributed by atoms with Crippen LogP contribution in [0.4, 0.5) is 0 Å². The molecule has 0 aliphatic heterocycles. The maximum absolute atomic E-state index is 10.3. The molecule has 0 radical (unpaired) electrons. The normalized spacial score (nSPS) is 10.5. The first-order valence-electron chi connectivity index (χ1n) is 4.37. The van der Waals surface area contributed by atoms with E-state index in [-0.39, 0.29) is 0 Å². The first kappa shape index (κ1) is 10.5. The van der Waals surface area contributed by atoms with Crippen LogP contribution in [0.25, 0.3) is 0 Å². The van der Waals surface area contributed by atoms with Gasteiger partial charge in [-0.1, -0.05) is 41.9 Å². The Labute approximate surface area is 87.3 Å². The lowest BCUT2D eigenvalue weighted by Gasteiger charge is -2.08. The van der Waals surface area contributed by atoms with Crippen LogP contribution in [0.15, 0.2) is 22.7 Å². The van der Waals surface area contributed by atoms with E-state index in [1.54, 1.807) is 0 Å². The van der Waals surface area contributed by atoms with Gasteiger partial charge in [0.25, 0.3) is 0 Å². The number of hydrogen-bond donors (Lipinski definition) is 0. The molecule has 0 saturated carbocycles. The second-order valence-corrected chi connectivity index (χ2v) is 4.24. The van der Waals surface area contributed by atoms with Gasteiger partial charge in [-0.05, 0) is 23.1 Å². The summed E-state index contributed by atoms with van der Waals surface area (Å²) in [4.78, 5) is 10.3. The highest BCUT2D eigenvalue weighted by Gasteiger charge is 2.04. The Hall–Kier alpha value is -0.630. The van der Waals surface area contributed by atoms with E-state index in [2.05, 4.69) is 35.8 Å². The molecule has 0 spiro atoms. The summed E-state index contributed by atoms with van der Waals surface area (Å²) in [7, 11) is 0. The minimum absolute atomic E-state index is 0.497. The molecule has 0 heterocycles. The predicted molar refractivity (Wildman–Crippen MR) is 58.0 cm³/mol. The average molecular weight is 241 g/mol. The standard InChI is InChI=1S/C11H13BrO/c1-8(2)10-4-3-9(5-6-13)7-11(10)12/h3-4,6-8H,5H2,1-2H3. The van der Waals surface area contributed by atoms with Crippen LogP contribution in [0.2, 0.25) is 0 Å². The zero-order valence-electron chi connectivity index (χ0n) is 7.88. The third kappa shape index (κ3) is 2.66. The van der Waals surface area contributed by atoms with E-state index in [9.17, 15) is 4.79 Å². The van der Waals surface area contributed by atoms with E-state index < -0.39 is 0 Å². The Morgan fingerprint density at radius 3 is 2.62 bits per heavy atom. The Balaban J connectivity index is 2.98. The SMILES string of the molecule is CC(C)c1ccc(CC=O)cc1Br. The Morgan fingerprint density at radius 2 is 2.15 bits per heavy atom. The molecule has 0 atom stereocenters. The van der Waals surface area contributed by atoms with Gasteiger partial charge in [-0.2, -0.15) is 0 Å². The van der Waals surface area contributed by atoms with Gasteiger partial charge in [0.2, 0.25) is 0 Å². The van der Waals surface area contributed by atoms with E-state index in [1.807, 2.05) is 12.1 Å². The second kappa shape index (κ2) is 4.56. The molecule has 0 saturated heterocycles. The van der Waals surface area contributed by atoms with Gasteiger partial charge in [-0.15, -0.1) is 0 Å². The zero-order valence-corrected chi connectivity index (χ0v) is 9.47. The van der Waals surface area contributed by atoms with Gasteiger partial charge in [0.1, 0.15) is 6.29 Å². The summed E-state index contributed by atoms with van der Waals surface area (Å²) in [6.45, 7) is 4.30. The molecule has 1 nitrogen and oxygen atoms in total. The summed E-state index contributed by atoms with van der Waals surface area (Å²) < 4.78 is 1.10. The molecule has 0 N–H and O–H groups in total. The fourth-order valence-corrected chi connectivity index (χ4v) is 2.15. The zero-order chi connectivity index (χ0) is 9.84. The fraction of sp³-hybridized carbons (Fsp3) is 0.364. The van der Waals surface area contributed by atoms with Crippen molar-refractivity contribution in [1.29, 1.82) is 0 Å². The van der Waals surface area contributed by atoms with Crippen LogP contribution < -0.4 is 0 Å². The predicted octanol–water partition coefficient (Wildman–Crippen LogP) is 3.31. The van der Waals surface area contributed by atoms with Crippen LogP contribution in [0, 0.1) is 0 Å². The van der Waals surface area contributed by atoms with Gasteiger partial charge >= 0.3 is 0 Å². The quantitative estimate of drug-likeness (QED) is 0.742. The number of halogens is 1. The number of carbonyl (C=O) groups is 1. The molecule has 0 fully saturated rings. The molecule has 0 aliphatic carbocycles. The van der Waals surface area contributed by atoms with Gasteiger partial charge in [0.05, 0.1) is 0 Å². The number of hydrogen-bond acceptors (Lipinski definition) is 1. The van der Waals surface area contributed by atoms with Crippen molar-refractivity contribution in [2.45, 2.75) is 26.2 Å². The van der Waals surface area contributed by atoms with Crippen molar-refractivity contribution in [1.82, 2.24) is 0 Å². The van der Waals surface area contributed by atoms with Gasteiger partial charge in [0, 0.05) is 10.9 Å². The van der Waals surface area contributed by atoms with E-state index in [0.29, 0.717) is 12.3 Å². The fourth-order valence-electron chi connectivity index (χ4n) is 1.26. The smallest absolute Gasteiger partial charge is 0.124 e. The molecule has 70 valence electrons. The maximum Gasteiger partial charge on any atom is 0.124 e. The molecule has 0 bridgehead atoms. The largest absolute Gasteiger partial charge is 0.303 e. The lowest BCUT2D eigenvalue weighted by molar-refractivity contribution is -0.107. The summed E-state index contributed by atoms with van der Waals surface area (Å²) in [6, 6.07) is 6.10. The van der Waals surface area contributed by atoms with Crippen molar-refractivity contribution in [2.75, 3.05) is 0 Å². The van der Waals surface area contributed by atoms with E-state index in [1.165, 1.54) is 5.56 Å². The van der Waals surface area contributed by atoms with Crippen molar-refractivity contribution in [3.05, 3.63) is 33.8 Å². The molecule has 0 aromatic heterocycles. The summed E-state index contributed by atoms with van der Waals surface area (Å²) in [5.41, 5.74) is 2.35. The van der Waals surface area contributed by atoms with Gasteiger partial charge < -0.3 is 4.79 Å². The van der Waals surface area contributed by atoms with Crippen LogP contribution >= 0.6 is 15.9 Å². The van der Waals surface area contributed by atoms with Crippen molar-refractivity contribution in [3.63, 3.8) is 0 Å². The monoisotopic (exact) mass is 240 g/mol. The number of aldehydes is 1. The number of carbonyl (C=O) groups excluding carboxylic acids is 1. The summed E-state index contributed by atoms with van der Waals surface area (Å²) >= 11 is 3.50. The third-order valence-corrected chi connectivity index (χ3v) is 2.69. The Morgan fingerprint density at radius 1 is 1.46 bits per heavy atom. The molecule has 1 aromatic rings. The van der Waals surface area contributed by atoms with Crippen molar-refractivity contribution < 1.29 is 4.79 Å². The average Bonchev–Trinajstić information content (AvgIpc) is 2.04. The highest BCUT2D eigenvalue weighted by Crippen LogP contribution is 2.25. The first-order chi connectivity index (χ1) is 6.15. The van der Waals surface area contributed by atoms with Crippen LogP contribution in [0.5, 0.6) is 0 Å². The van der Waals surface area contributed by atoms with Crippen LogP contribution in [-0.2, 0) is 11.2 Å². The molecular weight excluding hydrogens is 228 g/mol. The van der Waals surface area contributed by atoms with Gasteiger partial charge in [-0.25, -0.2) is 0 Å². The summed E-state index contributed by atoms with van der Waals surface area (Å²) in [5.74, 6) is 0.514. The molecular formula is C11H13BrO. The van der Waals surface area contributed by atoms with E-state index in [0.717, 1.165) is 16.3 Å². The highest BCUT2D eigenvalue weighted by atomic mass is 79.9. The van der Waals surface area contributed by atoms with Crippen LogP contribution in [-0.4, -0.2) is 6.29 Å². The van der Waals surface area contributed by atoms with Crippen molar-refractivity contribution >= 4 is 22.2 Å². The van der Waals surface area contributed by atoms with Crippen molar-refractivity contribution in [2.24, 2.45) is 0 Å². The molecule has 0 aliphatic rings. The van der Waals surface area contributed by atoms with Crippen molar-refractivity contribution in [3.8, 4) is 0 Å². The molecule has 13 heavy (non-hydrogen) atoms. The van der Waals surface area contributed by atoms with Crippen LogP contribution in [0.3, 0.4) is 0 Å². The Kier molecular flexibility index (Phi) is 3.67. The lowest BCUT2D eigenvalue weighted by Crippen LogP contribution is -1.92. The Bertz CT molecular complexity index is 305. The topological polar surface area (TPSA) is 17.1 Å². The molecule has 1 rings (SSSR count). The third-order valence-electron chi connectivity index (χ3n) is 2.01. The molecule has 1 aromatic carbocycles. The molecule has 0 unspecified atom stereocenters. The van der Waals surface area contributed by atoms with Gasteiger partial charge in [0.15, 0.2) is 0 Å². The minimum Gasteiger partial charge on any atom is -0.303 e. The maximum atomic E-state index is 10.3. The summed E-state index contributed by atoms with van der Waals surface area (Å²) in [5, 5.41) is 0. The summed E-state index contributed by atoms with van der Waals surface area (Å²) in [6.07, 6.45) is 1.42. The molecule has 0 amide bonds. The highest BCUT2D eigenvalue weighted by molar-refractivity contribution is 9.10. The van der Waals surface area contributed by atoms with Crippen LogP contribution in [0.1, 0.15) is 30.9 Å². The van der Waals surface area contributed by atoms with Gasteiger partial charge in [-0.3, -0.25) is 0 Å². The minimum atomic E-state index is 0.497. The first-order valence-corrected chi connectivity index (χ1v) is 5.16.